The van der Waals surface area contributed by atoms with Crippen LogP contribution in [0.1, 0.15) is 19.5 Å². The van der Waals surface area contributed by atoms with Crippen LogP contribution < -0.4 is 5.73 Å². The highest BCUT2D eigenvalue weighted by atomic mass is 19.1. The molecule has 2 aromatic rings. The van der Waals surface area contributed by atoms with Gasteiger partial charge < -0.3 is 10.8 Å². The number of aliphatic carboxylic acids is 1. The quantitative estimate of drug-likeness (QED) is 0.845. The highest BCUT2D eigenvalue weighted by Crippen LogP contribution is 2.29. The zero-order chi connectivity index (χ0) is 13.5. The summed E-state index contributed by atoms with van der Waals surface area (Å²) in [6, 6.07) is 3.91. The molecule has 0 saturated carbocycles. The first kappa shape index (κ1) is 12.2. The van der Waals surface area contributed by atoms with E-state index in [0.29, 0.717) is 10.9 Å². The summed E-state index contributed by atoms with van der Waals surface area (Å²) in [6.45, 7) is 3.03. The zero-order valence-corrected chi connectivity index (χ0v) is 9.94. The van der Waals surface area contributed by atoms with Crippen molar-refractivity contribution >= 4 is 22.8 Å². The minimum Gasteiger partial charge on any atom is -0.481 e. The Labute approximate surface area is 102 Å². The summed E-state index contributed by atoms with van der Waals surface area (Å²) in [7, 11) is 0. The van der Waals surface area contributed by atoms with Gasteiger partial charge in [-0.25, -0.2) is 14.4 Å². The molecule has 2 rings (SSSR count). The van der Waals surface area contributed by atoms with Gasteiger partial charge in [0.25, 0.3) is 0 Å². The second-order valence-corrected chi connectivity index (χ2v) is 4.52. The Bertz CT molecular complexity index is 635. The van der Waals surface area contributed by atoms with E-state index in [-0.39, 0.29) is 11.6 Å². The van der Waals surface area contributed by atoms with Crippen molar-refractivity contribution in [2.45, 2.75) is 19.3 Å². The van der Waals surface area contributed by atoms with Gasteiger partial charge in [0.15, 0.2) is 0 Å². The molecule has 0 aliphatic heterocycles. The number of hydrogen-bond acceptors (Lipinski definition) is 4. The van der Waals surface area contributed by atoms with Gasteiger partial charge in [-0.05, 0) is 26.0 Å². The molecule has 0 bridgehead atoms. The van der Waals surface area contributed by atoms with Crippen molar-refractivity contribution in [1.82, 2.24) is 9.97 Å². The Kier molecular flexibility index (Phi) is 2.65. The molecule has 0 aliphatic rings. The van der Waals surface area contributed by atoms with Gasteiger partial charge in [-0.2, -0.15) is 0 Å². The predicted molar refractivity (Wildman–Crippen MR) is 64.6 cm³/mol. The lowest BCUT2D eigenvalue weighted by Gasteiger charge is -2.20. The molecule has 0 radical (unpaired) electrons. The number of rotatable bonds is 2. The number of fused-ring (bicyclic) bond motifs is 1. The SMILES string of the molecule is CC(C)(C(=O)O)c1nc(N)nc2cc(F)ccc12. The molecule has 1 heterocycles. The van der Waals surface area contributed by atoms with Crippen LogP contribution in [0, 0.1) is 5.82 Å². The highest BCUT2D eigenvalue weighted by Gasteiger charge is 2.33. The molecule has 0 unspecified atom stereocenters. The number of carbonyl (C=O) groups is 1. The summed E-state index contributed by atoms with van der Waals surface area (Å²) in [5.74, 6) is -1.57. The third kappa shape index (κ3) is 1.85. The Hall–Kier alpha value is -2.24. The minimum atomic E-state index is -1.23. The molecular formula is C12H12FN3O2. The maximum absolute atomic E-state index is 13.1. The van der Waals surface area contributed by atoms with Gasteiger partial charge in [-0.3, -0.25) is 4.79 Å². The van der Waals surface area contributed by atoms with Crippen molar-refractivity contribution in [3.05, 3.63) is 29.7 Å². The number of anilines is 1. The fourth-order valence-corrected chi connectivity index (χ4v) is 1.70. The molecule has 18 heavy (non-hydrogen) atoms. The van der Waals surface area contributed by atoms with Crippen LogP contribution in [0.3, 0.4) is 0 Å². The molecule has 0 saturated heterocycles. The lowest BCUT2D eigenvalue weighted by Crippen LogP contribution is -2.30. The highest BCUT2D eigenvalue weighted by molar-refractivity contribution is 5.90. The second-order valence-electron chi connectivity index (χ2n) is 4.52. The Morgan fingerprint density at radius 3 is 2.67 bits per heavy atom. The first-order valence-corrected chi connectivity index (χ1v) is 5.29. The largest absolute Gasteiger partial charge is 0.481 e. The Morgan fingerprint density at radius 2 is 2.06 bits per heavy atom. The number of benzene rings is 1. The molecule has 3 N–H and O–H groups in total. The average molecular weight is 249 g/mol. The van der Waals surface area contributed by atoms with Crippen LogP contribution in [0.5, 0.6) is 0 Å². The van der Waals surface area contributed by atoms with Gasteiger partial charge >= 0.3 is 5.97 Å². The van der Waals surface area contributed by atoms with E-state index in [2.05, 4.69) is 9.97 Å². The molecule has 0 amide bonds. The van der Waals surface area contributed by atoms with Gasteiger partial charge in [-0.1, -0.05) is 0 Å². The Morgan fingerprint density at radius 1 is 1.39 bits per heavy atom. The van der Waals surface area contributed by atoms with E-state index in [1.54, 1.807) is 0 Å². The minimum absolute atomic E-state index is 0.0718. The fraction of sp³-hybridized carbons (Fsp3) is 0.250. The van der Waals surface area contributed by atoms with Crippen LogP contribution in [0.25, 0.3) is 10.9 Å². The standard InChI is InChI=1S/C12H12FN3O2/c1-12(2,10(17)18)9-7-4-3-6(13)5-8(7)15-11(14)16-9/h3-5H,1-2H3,(H,17,18)(H2,14,15,16). The van der Waals surface area contributed by atoms with Crippen LogP contribution in [0.4, 0.5) is 10.3 Å². The van der Waals surface area contributed by atoms with E-state index in [0.717, 1.165) is 0 Å². The van der Waals surface area contributed by atoms with Gasteiger partial charge in [0.2, 0.25) is 5.95 Å². The van der Waals surface area contributed by atoms with E-state index in [4.69, 9.17) is 5.73 Å². The van der Waals surface area contributed by atoms with Crippen molar-refractivity contribution in [3.63, 3.8) is 0 Å². The summed E-state index contributed by atoms with van der Waals surface area (Å²) in [6.07, 6.45) is 0. The van der Waals surface area contributed by atoms with Crippen LogP contribution >= 0.6 is 0 Å². The van der Waals surface area contributed by atoms with Crippen LogP contribution in [0.15, 0.2) is 18.2 Å². The number of hydrogen-bond donors (Lipinski definition) is 2. The molecule has 1 aromatic carbocycles. The summed E-state index contributed by atoms with van der Waals surface area (Å²) in [5, 5.41) is 9.71. The van der Waals surface area contributed by atoms with Crippen molar-refractivity contribution in [1.29, 1.82) is 0 Å². The number of carboxylic acids is 1. The van der Waals surface area contributed by atoms with Crippen molar-refractivity contribution in [2.75, 3.05) is 5.73 Å². The summed E-state index contributed by atoms with van der Waals surface area (Å²) < 4.78 is 13.1. The molecule has 5 nitrogen and oxygen atoms in total. The lowest BCUT2D eigenvalue weighted by molar-refractivity contribution is -0.142. The molecule has 6 heteroatoms. The molecule has 1 aromatic heterocycles. The van der Waals surface area contributed by atoms with Crippen molar-refractivity contribution in [3.8, 4) is 0 Å². The topological polar surface area (TPSA) is 89.1 Å². The number of nitrogens with zero attached hydrogens (tertiary/aromatic N) is 2. The Balaban J connectivity index is 2.82. The second kappa shape index (κ2) is 3.90. The molecule has 0 aliphatic carbocycles. The number of nitrogens with two attached hydrogens (primary N) is 1. The number of nitrogen functional groups attached to an aromatic ring is 1. The van der Waals surface area contributed by atoms with Gasteiger partial charge in [0.05, 0.1) is 11.2 Å². The van der Waals surface area contributed by atoms with Crippen LogP contribution in [-0.4, -0.2) is 21.0 Å². The molecular weight excluding hydrogens is 237 g/mol. The normalized spacial score (nSPS) is 11.7. The van der Waals surface area contributed by atoms with Crippen molar-refractivity contribution < 1.29 is 14.3 Å². The van der Waals surface area contributed by atoms with Crippen molar-refractivity contribution in [2.24, 2.45) is 0 Å². The van der Waals surface area contributed by atoms with Gasteiger partial charge in [0.1, 0.15) is 11.2 Å². The fourth-order valence-electron chi connectivity index (χ4n) is 1.70. The maximum atomic E-state index is 13.1. The van der Waals surface area contributed by atoms with E-state index in [1.165, 1.54) is 32.0 Å². The van der Waals surface area contributed by atoms with E-state index in [1.807, 2.05) is 0 Å². The first-order valence-electron chi connectivity index (χ1n) is 5.29. The molecule has 0 spiro atoms. The summed E-state index contributed by atoms with van der Waals surface area (Å²) >= 11 is 0. The van der Waals surface area contributed by atoms with E-state index < -0.39 is 17.2 Å². The number of halogens is 1. The number of aromatic nitrogens is 2. The third-order valence-corrected chi connectivity index (χ3v) is 2.80. The molecule has 94 valence electrons. The molecule has 0 fully saturated rings. The van der Waals surface area contributed by atoms with E-state index >= 15 is 0 Å². The zero-order valence-electron chi connectivity index (χ0n) is 9.94. The van der Waals surface area contributed by atoms with Gasteiger partial charge in [0, 0.05) is 11.5 Å². The first-order chi connectivity index (χ1) is 8.32. The average Bonchev–Trinajstić information content (AvgIpc) is 2.26. The maximum Gasteiger partial charge on any atom is 0.315 e. The van der Waals surface area contributed by atoms with Crippen LogP contribution in [-0.2, 0) is 10.2 Å². The smallest absolute Gasteiger partial charge is 0.315 e. The van der Waals surface area contributed by atoms with Crippen LogP contribution in [0.2, 0.25) is 0 Å². The third-order valence-electron chi connectivity index (χ3n) is 2.80. The predicted octanol–water partition coefficient (Wildman–Crippen LogP) is 1.71. The lowest BCUT2D eigenvalue weighted by atomic mass is 9.87. The van der Waals surface area contributed by atoms with E-state index in [9.17, 15) is 14.3 Å². The van der Waals surface area contributed by atoms with Gasteiger partial charge in [-0.15, -0.1) is 0 Å². The number of carboxylic acid groups (broad SMARTS) is 1. The molecule has 0 atom stereocenters. The summed E-state index contributed by atoms with van der Waals surface area (Å²) in [4.78, 5) is 19.2. The summed E-state index contributed by atoms with van der Waals surface area (Å²) in [5.41, 5.74) is 4.88. The monoisotopic (exact) mass is 249 g/mol.